The Hall–Kier alpha value is -1.29. The van der Waals surface area contributed by atoms with Crippen LogP contribution in [0.3, 0.4) is 0 Å². The first-order chi connectivity index (χ1) is 4.80. The molecule has 1 heterocycles. The van der Waals surface area contributed by atoms with Gasteiger partial charge < -0.3 is 9.94 Å². The second-order valence-corrected chi connectivity index (χ2v) is 1.73. The van der Waals surface area contributed by atoms with Gasteiger partial charge in [0.2, 0.25) is 0 Å². The van der Waals surface area contributed by atoms with Crippen LogP contribution in [0.15, 0.2) is 24.0 Å². The van der Waals surface area contributed by atoms with Gasteiger partial charge in [0.25, 0.3) is 0 Å². The van der Waals surface area contributed by atoms with Crippen molar-refractivity contribution in [2.45, 2.75) is 0 Å². The van der Waals surface area contributed by atoms with Crippen LogP contribution in [0, 0.1) is 0 Å². The monoisotopic (exact) mass is 141 g/mol. The molecule has 0 radical (unpaired) electrons. The normalized spacial score (nSPS) is 17.0. The summed E-state index contributed by atoms with van der Waals surface area (Å²) in [6.45, 7) is 0.411. The minimum absolute atomic E-state index is 0.241. The van der Waals surface area contributed by atoms with Gasteiger partial charge in [0.05, 0.1) is 12.1 Å². The molecule has 4 heteroatoms. The minimum Gasteiger partial charge on any atom is -0.478 e. The molecule has 0 saturated carbocycles. The second kappa shape index (κ2) is 3.03. The van der Waals surface area contributed by atoms with E-state index in [1.807, 2.05) is 0 Å². The molecule has 1 rings (SSSR count). The lowest BCUT2D eigenvalue weighted by Gasteiger charge is -1.92. The van der Waals surface area contributed by atoms with Crippen molar-refractivity contribution in [2.75, 3.05) is 6.54 Å². The molecule has 1 aliphatic heterocycles. The van der Waals surface area contributed by atoms with Crippen LogP contribution in [-0.4, -0.2) is 17.6 Å². The second-order valence-electron chi connectivity index (χ2n) is 1.73. The van der Waals surface area contributed by atoms with E-state index in [1.54, 1.807) is 0 Å². The lowest BCUT2D eigenvalue weighted by molar-refractivity contribution is -0.132. The highest BCUT2D eigenvalue weighted by Crippen LogP contribution is 1.98. The highest BCUT2D eigenvalue weighted by atomic mass is 16.6. The van der Waals surface area contributed by atoms with Gasteiger partial charge >= 0.3 is 5.97 Å². The number of hydroxylamine groups is 1. The summed E-state index contributed by atoms with van der Waals surface area (Å²) in [4.78, 5) is 14.9. The number of carbonyl (C=O) groups is 1. The van der Waals surface area contributed by atoms with Gasteiger partial charge in [-0.3, -0.25) is 0 Å². The van der Waals surface area contributed by atoms with Gasteiger partial charge in [-0.15, -0.1) is 0 Å². The van der Waals surface area contributed by atoms with Crippen LogP contribution in [0.4, 0.5) is 0 Å². The molecule has 0 aliphatic carbocycles. The highest BCUT2D eigenvalue weighted by Gasteiger charge is 2.03. The Morgan fingerprint density at radius 2 is 2.60 bits per heavy atom. The smallest absolute Gasteiger partial charge is 0.335 e. The molecule has 0 aromatic heterocycles. The zero-order valence-corrected chi connectivity index (χ0v) is 5.20. The minimum atomic E-state index is -0.941. The number of hydrogen-bond acceptors (Lipinski definition) is 3. The number of aliphatic carboxylic acids is 1. The molecule has 10 heavy (non-hydrogen) atoms. The highest BCUT2D eigenvalue weighted by molar-refractivity contribution is 5.89. The summed E-state index contributed by atoms with van der Waals surface area (Å²) in [6, 6.07) is 0. The van der Waals surface area contributed by atoms with Crippen LogP contribution in [-0.2, 0) is 9.63 Å². The Balaban J connectivity index is 2.70. The molecule has 0 aromatic carbocycles. The van der Waals surface area contributed by atoms with E-state index < -0.39 is 5.97 Å². The van der Waals surface area contributed by atoms with Gasteiger partial charge in [-0.1, -0.05) is 6.08 Å². The van der Waals surface area contributed by atoms with Crippen LogP contribution in [0.1, 0.15) is 0 Å². The maximum atomic E-state index is 10.3. The Labute approximate surface area is 57.8 Å². The van der Waals surface area contributed by atoms with Gasteiger partial charge in [0.15, 0.2) is 0 Å². The summed E-state index contributed by atoms with van der Waals surface area (Å²) < 4.78 is 0. The molecule has 1 aliphatic rings. The first-order valence-corrected chi connectivity index (χ1v) is 2.79. The first-order valence-electron chi connectivity index (χ1n) is 2.79. The standard InChI is InChI=1S/C6H7NO3/c8-6(9)5-1-3-7-10-4-2-5/h1-2,4,7H,3H2,(H,8,9). The summed E-state index contributed by atoms with van der Waals surface area (Å²) in [7, 11) is 0. The third-order valence-electron chi connectivity index (χ3n) is 1.05. The van der Waals surface area contributed by atoms with Crippen molar-refractivity contribution in [1.29, 1.82) is 0 Å². The van der Waals surface area contributed by atoms with Crippen LogP contribution >= 0.6 is 0 Å². The third-order valence-corrected chi connectivity index (χ3v) is 1.05. The van der Waals surface area contributed by atoms with E-state index in [2.05, 4.69) is 10.3 Å². The van der Waals surface area contributed by atoms with Crippen LogP contribution in [0.2, 0.25) is 0 Å². The Morgan fingerprint density at radius 3 is 3.30 bits per heavy atom. The lowest BCUT2D eigenvalue weighted by Crippen LogP contribution is -2.09. The Bertz CT molecular complexity index is 195. The topological polar surface area (TPSA) is 58.6 Å². The fourth-order valence-electron chi connectivity index (χ4n) is 0.582. The lowest BCUT2D eigenvalue weighted by atomic mass is 10.2. The van der Waals surface area contributed by atoms with Crippen LogP contribution < -0.4 is 5.48 Å². The average molecular weight is 141 g/mol. The van der Waals surface area contributed by atoms with Crippen LogP contribution in [0.5, 0.6) is 0 Å². The van der Waals surface area contributed by atoms with Crippen molar-refractivity contribution in [1.82, 2.24) is 5.48 Å². The molecule has 0 unspecified atom stereocenters. The van der Waals surface area contributed by atoms with Crippen LogP contribution in [0.25, 0.3) is 0 Å². The van der Waals surface area contributed by atoms with Gasteiger partial charge in [0.1, 0.15) is 6.26 Å². The number of hydrogen-bond donors (Lipinski definition) is 2. The fraction of sp³-hybridized carbons (Fsp3) is 0.167. The van der Waals surface area contributed by atoms with E-state index >= 15 is 0 Å². The van der Waals surface area contributed by atoms with Crippen molar-refractivity contribution in [3.63, 3.8) is 0 Å². The van der Waals surface area contributed by atoms with Gasteiger partial charge in [-0.05, 0) is 6.08 Å². The van der Waals surface area contributed by atoms with Crippen molar-refractivity contribution < 1.29 is 14.7 Å². The predicted molar refractivity (Wildman–Crippen MR) is 33.9 cm³/mol. The number of carboxylic acids is 1. The summed E-state index contributed by atoms with van der Waals surface area (Å²) in [5.41, 5.74) is 2.75. The van der Waals surface area contributed by atoms with E-state index in [0.717, 1.165) is 0 Å². The maximum absolute atomic E-state index is 10.3. The Kier molecular flexibility index (Phi) is 2.07. The van der Waals surface area contributed by atoms with E-state index in [4.69, 9.17) is 5.11 Å². The van der Waals surface area contributed by atoms with Crippen molar-refractivity contribution >= 4 is 5.97 Å². The molecule has 0 saturated heterocycles. The number of rotatable bonds is 1. The summed E-state index contributed by atoms with van der Waals surface area (Å²) >= 11 is 0. The number of nitrogens with one attached hydrogen (secondary N) is 1. The summed E-state index contributed by atoms with van der Waals surface area (Å²) in [5.74, 6) is -0.941. The molecule has 0 bridgehead atoms. The predicted octanol–water partition coefficient (Wildman–Crippen LogP) is 0.0459. The molecular weight excluding hydrogens is 134 g/mol. The van der Waals surface area contributed by atoms with Crippen molar-refractivity contribution in [3.05, 3.63) is 24.0 Å². The van der Waals surface area contributed by atoms with E-state index in [-0.39, 0.29) is 5.57 Å². The average Bonchev–Trinajstić information content (AvgIpc) is 2.12. The zero-order valence-electron chi connectivity index (χ0n) is 5.20. The van der Waals surface area contributed by atoms with E-state index in [0.29, 0.717) is 6.54 Å². The summed E-state index contributed by atoms with van der Waals surface area (Å²) in [5, 5.41) is 8.46. The molecule has 0 fully saturated rings. The van der Waals surface area contributed by atoms with Crippen molar-refractivity contribution in [2.24, 2.45) is 0 Å². The molecule has 2 N–H and O–H groups in total. The Morgan fingerprint density at radius 1 is 1.80 bits per heavy atom. The van der Waals surface area contributed by atoms with E-state index in [9.17, 15) is 4.79 Å². The molecule has 0 atom stereocenters. The van der Waals surface area contributed by atoms with Gasteiger partial charge in [0, 0.05) is 0 Å². The quantitative estimate of drug-likeness (QED) is 0.541. The van der Waals surface area contributed by atoms with E-state index in [1.165, 1.54) is 18.4 Å². The molecular formula is C6H7NO3. The molecule has 0 amide bonds. The first kappa shape index (κ1) is 6.82. The fourth-order valence-corrected chi connectivity index (χ4v) is 0.582. The number of carboxylic acid groups (broad SMARTS) is 1. The molecule has 0 aromatic rings. The van der Waals surface area contributed by atoms with Gasteiger partial charge in [-0.25, -0.2) is 4.79 Å². The summed E-state index contributed by atoms with van der Waals surface area (Å²) in [6.07, 6.45) is 4.22. The van der Waals surface area contributed by atoms with Gasteiger partial charge in [-0.2, -0.15) is 5.48 Å². The molecule has 4 nitrogen and oxygen atoms in total. The largest absolute Gasteiger partial charge is 0.478 e. The molecule has 0 spiro atoms. The SMILES string of the molecule is O=C(O)C1=CCNOC=C1. The maximum Gasteiger partial charge on any atom is 0.335 e. The molecule has 54 valence electrons. The van der Waals surface area contributed by atoms with Crippen molar-refractivity contribution in [3.8, 4) is 0 Å². The zero-order chi connectivity index (χ0) is 7.40. The third kappa shape index (κ3) is 1.60.